The van der Waals surface area contributed by atoms with E-state index in [4.69, 9.17) is 23.2 Å². The molecule has 0 bridgehead atoms. The van der Waals surface area contributed by atoms with Gasteiger partial charge in [0.1, 0.15) is 0 Å². The van der Waals surface area contributed by atoms with Gasteiger partial charge in [0.05, 0.1) is 0 Å². The van der Waals surface area contributed by atoms with Crippen molar-refractivity contribution in [2.45, 2.75) is 6.54 Å². The summed E-state index contributed by atoms with van der Waals surface area (Å²) >= 11 is 11.6. The van der Waals surface area contributed by atoms with E-state index < -0.39 is 10.0 Å². The van der Waals surface area contributed by atoms with Gasteiger partial charge in [-0.1, -0.05) is 47.5 Å². The van der Waals surface area contributed by atoms with Crippen LogP contribution in [0.5, 0.6) is 0 Å². The van der Waals surface area contributed by atoms with Crippen LogP contribution in [0.25, 0.3) is 6.08 Å². The summed E-state index contributed by atoms with van der Waals surface area (Å²) in [6.45, 7) is 0.282. The molecule has 116 valence electrons. The van der Waals surface area contributed by atoms with Crippen molar-refractivity contribution in [1.29, 1.82) is 0 Å². The van der Waals surface area contributed by atoms with Crippen molar-refractivity contribution in [3.05, 3.63) is 75.1 Å². The molecule has 0 radical (unpaired) electrons. The van der Waals surface area contributed by atoms with E-state index in [0.29, 0.717) is 10.0 Å². The number of sulfonamides is 1. The third kappa shape index (κ3) is 4.85. The van der Waals surface area contributed by atoms with Crippen molar-refractivity contribution in [2.75, 3.05) is 7.05 Å². The van der Waals surface area contributed by atoms with Gasteiger partial charge in [0.25, 0.3) is 0 Å². The maximum atomic E-state index is 12.2. The second kappa shape index (κ2) is 7.29. The first kappa shape index (κ1) is 17.0. The molecule has 2 rings (SSSR count). The topological polar surface area (TPSA) is 37.4 Å². The van der Waals surface area contributed by atoms with Crippen LogP contribution in [0.1, 0.15) is 11.1 Å². The van der Waals surface area contributed by atoms with Crippen LogP contribution < -0.4 is 0 Å². The normalized spacial score (nSPS) is 12.2. The van der Waals surface area contributed by atoms with E-state index >= 15 is 0 Å². The molecule has 0 atom stereocenters. The molecule has 0 aromatic heterocycles. The van der Waals surface area contributed by atoms with Crippen LogP contribution in [0.15, 0.2) is 53.9 Å². The third-order valence-corrected chi connectivity index (χ3v) is 5.04. The highest BCUT2D eigenvalue weighted by atomic mass is 35.5. The molecule has 0 amide bonds. The Labute approximate surface area is 140 Å². The summed E-state index contributed by atoms with van der Waals surface area (Å²) in [6.07, 6.45) is 1.55. The maximum absolute atomic E-state index is 12.2. The predicted molar refractivity (Wildman–Crippen MR) is 92.3 cm³/mol. The van der Waals surface area contributed by atoms with Gasteiger partial charge in [0.2, 0.25) is 10.0 Å². The van der Waals surface area contributed by atoms with Gasteiger partial charge >= 0.3 is 0 Å². The summed E-state index contributed by atoms with van der Waals surface area (Å²) in [7, 11) is -1.95. The lowest BCUT2D eigenvalue weighted by atomic mass is 10.2. The number of rotatable bonds is 5. The van der Waals surface area contributed by atoms with Crippen molar-refractivity contribution in [1.82, 2.24) is 4.31 Å². The van der Waals surface area contributed by atoms with Gasteiger partial charge in [0.15, 0.2) is 0 Å². The fraction of sp³-hybridized carbons (Fsp3) is 0.125. The molecule has 0 unspecified atom stereocenters. The van der Waals surface area contributed by atoms with E-state index in [-0.39, 0.29) is 6.54 Å². The second-order valence-electron chi connectivity index (χ2n) is 4.78. The Hall–Kier alpha value is -1.33. The fourth-order valence-electron chi connectivity index (χ4n) is 1.78. The number of hydrogen-bond acceptors (Lipinski definition) is 2. The molecule has 0 saturated carbocycles. The van der Waals surface area contributed by atoms with Crippen LogP contribution in [0.3, 0.4) is 0 Å². The van der Waals surface area contributed by atoms with Gasteiger partial charge in [-0.3, -0.25) is 0 Å². The van der Waals surface area contributed by atoms with E-state index in [1.807, 2.05) is 0 Å². The zero-order valence-corrected chi connectivity index (χ0v) is 14.2. The van der Waals surface area contributed by atoms with Crippen molar-refractivity contribution >= 4 is 39.3 Å². The van der Waals surface area contributed by atoms with Gasteiger partial charge in [-0.15, -0.1) is 0 Å². The summed E-state index contributed by atoms with van der Waals surface area (Å²) in [5.41, 5.74) is 1.64. The first-order chi connectivity index (χ1) is 10.4. The van der Waals surface area contributed by atoms with Crippen molar-refractivity contribution in [3.8, 4) is 0 Å². The zero-order chi connectivity index (χ0) is 16.2. The average Bonchev–Trinajstić information content (AvgIpc) is 2.49. The average molecular weight is 356 g/mol. The molecule has 3 nitrogen and oxygen atoms in total. The Morgan fingerprint density at radius 2 is 1.45 bits per heavy atom. The van der Waals surface area contributed by atoms with Gasteiger partial charge in [0, 0.05) is 29.0 Å². The molecular formula is C16H15Cl2NO2S. The van der Waals surface area contributed by atoms with Crippen LogP contribution >= 0.6 is 23.2 Å². The predicted octanol–water partition coefficient (Wildman–Crippen LogP) is 4.43. The molecule has 2 aromatic rings. The summed E-state index contributed by atoms with van der Waals surface area (Å²) in [6, 6.07) is 14.0. The second-order valence-corrected chi connectivity index (χ2v) is 7.58. The molecule has 0 spiro atoms. The number of benzene rings is 2. The van der Waals surface area contributed by atoms with E-state index in [0.717, 1.165) is 11.1 Å². The van der Waals surface area contributed by atoms with E-state index in [1.54, 1.807) is 54.6 Å². The summed E-state index contributed by atoms with van der Waals surface area (Å²) in [4.78, 5) is 0. The van der Waals surface area contributed by atoms with Crippen LogP contribution in [0.4, 0.5) is 0 Å². The quantitative estimate of drug-likeness (QED) is 0.795. The number of hydrogen-bond donors (Lipinski definition) is 0. The van der Waals surface area contributed by atoms with E-state index in [1.165, 1.54) is 16.8 Å². The minimum atomic E-state index is -3.49. The van der Waals surface area contributed by atoms with Crippen LogP contribution in [0, 0.1) is 0 Å². The summed E-state index contributed by atoms with van der Waals surface area (Å²) in [5, 5.41) is 2.42. The van der Waals surface area contributed by atoms with E-state index in [9.17, 15) is 8.42 Å². The Kier molecular flexibility index (Phi) is 5.64. The lowest BCUT2D eigenvalue weighted by Crippen LogP contribution is -2.24. The van der Waals surface area contributed by atoms with Gasteiger partial charge in [-0.2, -0.15) is 4.31 Å². The smallest absolute Gasteiger partial charge is 0.208 e. The van der Waals surface area contributed by atoms with Crippen LogP contribution in [0.2, 0.25) is 10.0 Å². The zero-order valence-electron chi connectivity index (χ0n) is 11.9. The molecule has 0 aliphatic rings. The standard InChI is InChI=1S/C16H15Cl2NO2S/c1-19(12-14-4-8-16(18)9-5-14)22(20,21)11-10-13-2-6-15(17)7-3-13/h2-11H,12H2,1H3/b11-10+. The molecule has 0 aliphatic heterocycles. The highest BCUT2D eigenvalue weighted by Crippen LogP contribution is 2.15. The van der Waals surface area contributed by atoms with Crippen LogP contribution in [-0.2, 0) is 16.6 Å². The SMILES string of the molecule is CN(Cc1ccc(Cl)cc1)S(=O)(=O)/C=C/c1ccc(Cl)cc1. The highest BCUT2D eigenvalue weighted by Gasteiger charge is 2.14. The lowest BCUT2D eigenvalue weighted by Gasteiger charge is -2.14. The number of nitrogens with zero attached hydrogens (tertiary/aromatic N) is 1. The molecule has 0 saturated heterocycles. The molecule has 0 N–H and O–H groups in total. The molecule has 2 aromatic carbocycles. The minimum Gasteiger partial charge on any atom is -0.208 e. The Morgan fingerprint density at radius 3 is 2.00 bits per heavy atom. The first-order valence-electron chi connectivity index (χ1n) is 6.51. The van der Waals surface area contributed by atoms with Crippen molar-refractivity contribution < 1.29 is 8.42 Å². The Morgan fingerprint density at radius 1 is 0.955 bits per heavy atom. The largest absolute Gasteiger partial charge is 0.236 e. The monoisotopic (exact) mass is 355 g/mol. The molecule has 6 heteroatoms. The van der Waals surface area contributed by atoms with E-state index in [2.05, 4.69) is 0 Å². The number of halogens is 2. The third-order valence-electron chi connectivity index (χ3n) is 3.06. The van der Waals surface area contributed by atoms with Gasteiger partial charge in [-0.25, -0.2) is 8.42 Å². The van der Waals surface area contributed by atoms with Crippen molar-refractivity contribution in [2.24, 2.45) is 0 Å². The minimum absolute atomic E-state index is 0.282. The highest BCUT2D eigenvalue weighted by molar-refractivity contribution is 7.92. The maximum Gasteiger partial charge on any atom is 0.236 e. The van der Waals surface area contributed by atoms with Crippen LogP contribution in [-0.4, -0.2) is 19.8 Å². The molecular weight excluding hydrogens is 341 g/mol. The lowest BCUT2D eigenvalue weighted by molar-refractivity contribution is 0.475. The molecule has 0 fully saturated rings. The fourth-order valence-corrected chi connectivity index (χ4v) is 2.90. The Bertz CT molecular complexity index is 754. The van der Waals surface area contributed by atoms with Gasteiger partial charge < -0.3 is 0 Å². The molecule has 0 heterocycles. The first-order valence-corrected chi connectivity index (χ1v) is 8.77. The Balaban J connectivity index is 2.08. The van der Waals surface area contributed by atoms with Crippen molar-refractivity contribution in [3.63, 3.8) is 0 Å². The summed E-state index contributed by atoms with van der Waals surface area (Å²) in [5.74, 6) is 0. The van der Waals surface area contributed by atoms with Gasteiger partial charge in [-0.05, 0) is 41.5 Å². The summed E-state index contributed by atoms with van der Waals surface area (Å²) < 4.78 is 25.7. The molecule has 0 aliphatic carbocycles. The molecule has 22 heavy (non-hydrogen) atoms.